The molecule has 0 unspecified atom stereocenters. The van der Waals surface area contributed by atoms with Crippen molar-refractivity contribution in [3.05, 3.63) is 205 Å². The van der Waals surface area contributed by atoms with Gasteiger partial charge in [0.05, 0.1) is 11.4 Å². The molecule has 0 radical (unpaired) electrons. The Labute approximate surface area is 338 Å². The Bertz CT molecular complexity index is 3180. The van der Waals surface area contributed by atoms with Crippen molar-refractivity contribution in [3.8, 4) is 78.4 Å². The first-order chi connectivity index (χ1) is 28.5. The predicted molar refractivity (Wildman–Crippen MR) is 239 cm³/mol. The number of nitrogens with zero attached hydrogens (tertiary/aromatic N) is 2. The van der Waals surface area contributed by atoms with E-state index in [2.05, 4.69) is 178 Å². The van der Waals surface area contributed by atoms with E-state index in [-0.39, 0.29) is 5.41 Å². The van der Waals surface area contributed by atoms with E-state index in [0.29, 0.717) is 5.82 Å². The first-order valence-corrected chi connectivity index (χ1v) is 19.9. The molecule has 11 rings (SSSR count). The number of para-hydroxylation sites is 1. The van der Waals surface area contributed by atoms with Crippen LogP contribution in [0.4, 0.5) is 0 Å². The number of benzene rings is 8. The third kappa shape index (κ3) is 5.74. The molecule has 0 spiro atoms. The summed E-state index contributed by atoms with van der Waals surface area (Å²) in [5.41, 5.74) is 18.7. The van der Waals surface area contributed by atoms with E-state index < -0.39 is 0 Å². The fourth-order valence-electron chi connectivity index (χ4n) is 8.82. The Morgan fingerprint density at radius 3 is 1.67 bits per heavy atom. The first kappa shape index (κ1) is 33.9. The molecule has 2 aromatic heterocycles. The molecular weight excluding hydrogens is 705 g/mol. The molecule has 0 fully saturated rings. The van der Waals surface area contributed by atoms with Crippen LogP contribution in [0.15, 0.2) is 199 Å². The largest absolute Gasteiger partial charge is 0.456 e. The predicted octanol–water partition coefficient (Wildman–Crippen LogP) is 14.7. The molecule has 0 atom stereocenters. The van der Waals surface area contributed by atoms with Crippen LogP contribution in [-0.2, 0) is 5.41 Å². The summed E-state index contributed by atoms with van der Waals surface area (Å²) in [5, 5.41) is 2.24. The van der Waals surface area contributed by atoms with Crippen LogP contribution >= 0.6 is 0 Å². The molecule has 58 heavy (non-hydrogen) atoms. The number of hydrogen-bond acceptors (Lipinski definition) is 3. The van der Waals surface area contributed by atoms with Crippen molar-refractivity contribution < 1.29 is 4.42 Å². The van der Waals surface area contributed by atoms with Crippen LogP contribution in [0.25, 0.3) is 100 Å². The highest BCUT2D eigenvalue weighted by molar-refractivity contribution is 6.06. The molecular formula is C55H38N2O. The third-order valence-electron chi connectivity index (χ3n) is 11.9. The van der Waals surface area contributed by atoms with Gasteiger partial charge in [-0.15, -0.1) is 0 Å². The Hall–Kier alpha value is -7.36. The summed E-state index contributed by atoms with van der Waals surface area (Å²) in [6, 6.07) is 69.0. The lowest BCUT2D eigenvalue weighted by atomic mass is 9.81. The fourth-order valence-corrected chi connectivity index (χ4v) is 8.82. The zero-order chi connectivity index (χ0) is 38.8. The van der Waals surface area contributed by atoms with Crippen molar-refractivity contribution in [2.24, 2.45) is 0 Å². The highest BCUT2D eigenvalue weighted by Gasteiger charge is 2.35. The van der Waals surface area contributed by atoms with Crippen molar-refractivity contribution in [1.82, 2.24) is 9.97 Å². The van der Waals surface area contributed by atoms with Crippen LogP contribution in [0, 0.1) is 0 Å². The van der Waals surface area contributed by atoms with Crippen LogP contribution in [0.3, 0.4) is 0 Å². The summed E-state index contributed by atoms with van der Waals surface area (Å²) in [7, 11) is 0. The van der Waals surface area contributed by atoms with Crippen LogP contribution in [0.5, 0.6) is 0 Å². The van der Waals surface area contributed by atoms with Gasteiger partial charge >= 0.3 is 0 Å². The van der Waals surface area contributed by atoms with Crippen molar-refractivity contribution in [3.63, 3.8) is 0 Å². The lowest BCUT2D eigenvalue weighted by Gasteiger charge is -2.22. The van der Waals surface area contributed by atoms with Gasteiger partial charge < -0.3 is 4.42 Å². The van der Waals surface area contributed by atoms with Gasteiger partial charge in [-0.2, -0.15) is 0 Å². The average Bonchev–Trinajstić information content (AvgIpc) is 3.77. The zero-order valence-electron chi connectivity index (χ0n) is 32.3. The monoisotopic (exact) mass is 742 g/mol. The van der Waals surface area contributed by atoms with Gasteiger partial charge in [0.1, 0.15) is 11.2 Å². The SMILES string of the molecule is CC1(C)c2ccccc2-c2ccc(-c3ccc(-c4cc(-c5cc(-c6ccccc6)cc(-c6ccc7c(c6)oc6ccccc67)c5)nc(-c5ccccc5)n4)cc3)cc21. The summed E-state index contributed by atoms with van der Waals surface area (Å²) < 4.78 is 6.33. The maximum atomic E-state index is 6.33. The smallest absolute Gasteiger partial charge is 0.160 e. The maximum absolute atomic E-state index is 6.33. The molecule has 0 bridgehead atoms. The van der Waals surface area contributed by atoms with E-state index in [1.807, 2.05) is 30.3 Å². The topological polar surface area (TPSA) is 38.9 Å². The van der Waals surface area contributed by atoms with Crippen molar-refractivity contribution in [2.75, 3.05) is 0 Å². The average molecular weight is 743 g/mol. The van der Waals surface area contributed by atoms with E-state index in [9.17, 15) is 0 Å². The van der Waals surface area contributed by atoms with Crippen LogP contribution < -0.4 is 0 Å². The van der Waals surface area contributed by atoms with Gasteiger partial charge in [0.25, 0.3) is 0 Å². The summed E-state index contributed by atoms with van der Waals surface area (Å²) in [6.07, 6.45) is 0. The number of aromatic nitrogens is 2. The van der Waals surface area contributed by atoms with E-state index in [0.717, 1.165) is 72.3 Å². The zero-order valence-corrected chi connectivity index (χ0v) is 32.3. The van der Waals surface area contributed by atoms with E-state index >= 15 is 0 Å². The van der Waals surface area contributed by atoms with Crippen molar-refractivity contribution >= 4 is 21.9 Å². The van der Waals surface area contributed by atoms with Gasteiger partial charge in [0.15, 0.2) is 5.82 Å². The Morgan fingerprint density at radius 1 is 0.345 bits per heavy atom. The van der Waals surface area contributed by atoms with Crippen LogP contribution in [0.2, 0.25) is 0 Å². The van der Waals surface area contributed by atoms with Gasteiger partial charge in [-0.1, -0.05) is 159 Å². The quantitative estimate of drug-likeness (QED) is 0.170. The fraction of sp³-hybridized carbons (Fsp3) is 0.0545. The minimum atomic E-state index is -0.0507. The Balaban J connectivity index is 1.02. The molecule has 0 saturated heterocycles. The van der Waals surface area contributed by atoms with Crippen LogP contribution in [0.1, 0.15) is 25.0 Å². The van der Waals surface area contributed by atoms with Crippen LogP contribution in [-0.4, -0.2) is 9.97 Å². The Morgan fingerprint density at radius 2 is 0.879 bits per heavy atom. The maximum Gasteiger partial charge on any atom is 0.160 e. The minimum absolute atomic E-state index is 0.0507. The summed E-state index contributed by atoms with van der Waals surface area (Å²) >= 11 is 0. The van der Waals surface area contributed by atoms with Gasteiger partial charge in [0.2, 0.25) is 0 Å². The molecule has 10 aromatic rings. The van der Waals surface area contributed by atoms with Gasteiger partial charge in [0, 0.05) is 32.9 Å². The molecule has 0 saturated carbocycles. The molecule has 1 aliphatic carbocycles. The number of hydrogen-bond donors (Lipinski definition) is 0. The number of rotatable bonds is 6. The van der Waals surface area contributed by atoms with Crippen molar-refractivity contribution in [1.29, 1.82) is 0 Å². The van der Waals surface area contributed by atoms with E-state index in [4.69, 9.17) is 14.4 Å². The molecule has 1 aliphatic rings. The van der Waals surface area contributed by atoms with Gasteiger partial charge in [-0.25, -0.2) is 9.97 Å². The Kier molecular flexibility index (Phi) is 7.84. The number of furan rings is 1. The molecule has 0 amide bonds. The van der Waals surface area contributed by atoms with E-state index in [1.165, 1.54) is 33.4 Å². The van der Waals surface area contributed by atoms with Gasteiger partial charge in [-0.05, 0) is 104 Å². The second-order valence-corrected chi connectivity index (χ2v) is 15.8. The summed E-state index contributed by atoms with van der Waals surface area (Å²) in [5.74, 6) is 0.688. The summed E-state index contributed by atoms with van der Waals surface area (Å²) in [6.45, 7) is 4.67. The standard InChI is InChI=1S/C55H38N2O/c1-55(2)48-19-11-9-17-44(48)45-27-25-39(32-49(45)55)36-21-23-37(24-22-36)50-34-51(57-54(56-50)38-15-7-4-8-16-38)43-30-41(35-13-5-3-6-14-35)29-42(31-43)40-26-28-47-46-18-10-12-20-52(46)58-53(47)33-40/h3-34H,1-2H3. The second kappa shape index (κ2) is 13.4. The third-order valence-corrected chi connectivity index (χ3v) is 11.9. The summed E-state index contributed by atoms with van der Waals surface area (Å²) in [4.78, 5) is 10.4. The molecule has 0 N–H and O–H groups in total. The molecule has 2 heterocycles. The highest BCUT2D eigenvalue weighted by Crippen LogP contribution is 2.49. The first-order valence-electron chi connectivity index (χ1n) is 19.9. The molecule has 8 aromatic carbocycles. The molecule has 3 nitrogen and oxygen atoms in total. The van der Waals surface area contributed by atoms with E-state index in [1.54, 1.807) is 0 Å². The normalized spacial score (nSPS) is 12.8. The molecule has 274 valence electrons. The number of fused-ring (bicyclic) bond motifs is 6. The van der Waals surface area contributed by atoms with Crippen molar-refractivity contribution in [2.45, 2.75) is 19.3 Å². The molecule has 0 aliphatic heterocycles. The highest BCUT2D eigenvalue weighted by atomic mass is 16.3. The van der Waals surface area contributed by atoms with Gasteiger partial charge in [-0.3, -0.25) is 0 Å². The lowest BCUT2D eigenvalue weighted by molar-refractivity contribution is 0.660. The molecule has 3 heteroatoms. The lowest BCUT2D eigenvalue weighted by Crippen LogP contribution is -2.14. The second-order valence-electron chi connectivity index (χ2n) is 15.8. The minimum Gasteiger partial charge on any atom is -0.456 e.